The van der Waals surface area contributed by atoms with Crippen molar-refractivity contribution >= 4 is 0 Å². The van der Waals surface area contributed by atoms with Crippen LogP contribution in [0.3, 0.4) is 0 Å². The minimum Gasteiger partial charge on any atom is -0.392 e. The Balaban J connectivity index is 1.83. The zero-order valence-corrected chi connectivity index (χ0v) is 9.49. The number of β-amino-alcohol motifs (C(OH)–C–C–N with tert-alkyl or cyclic N) is 2. The van der Waals surface area contributed by atoms with Crippen molar-refractivity contribution in [2.75, 3.05) is 19.6 Å². The van der Waals surface area contributed by atoms with Crippen molar-refractivity contribution < 1.29 is 10.2 Å². The Labute approximate surface area is 92.1 Å². The van der Waals surface area contributed by atoms with Gasteiger partial charge in [-0.1, -0.05) is 19.3 Å². The highest BCUT2D eigenvalue weighted by molar-refractivity contribution is 4.87. The molecule has 0 unspecified atom stereocenters. The molecule has 1 atom stereocenters. The minimum absolute atomic E-state index is 0.175. The first kappa shape index (κ1) is 11.4. The Morgan fingerprint density at radius 2 is 1.87 bits per heavy atom. The molecule has 1 aliphatic carbocycles. The van der Waals surface area contributed by atoms with Crippen molar-refractivity contribution in [3.05, 3.63) is 0 Å². The molecule has 1 saturated carbocycles. The smallest absolute Gasteiger partial charge is 0.0774 e. The van der Waals surface area contributed by atoms with Crippen LogP contribution in [0.1, 0.15) is 44.9 Å². The summed E-state index contributed by atoms with van der Waals surface area (Å²) in [6, 6.07) is 0. The van der Waals surface area contributed by atoms with Gasteiger partial charge in [-0.3, -0.25) is 4.90 Å². The molecule has 88 valence electrons. The van der Waals surface area contributed by atoms with Gasteiger partial charge in [-0.15, -0.1) is 0 Å². The minimum atomic E-state index is -0.463. The van der Waals surface area contributed by atoms with Crippen LogP contribution < -0.4 is 0 Å². The number of rotatable bonds is 2. The lowest BCUT2D eigenvalue weighted by Crippen LogP contribution is -2.48. The Morgan fingerprint density at radius 3 is 2.53 bits per heavy atom. The summed E-state index contributed by atoms with van der Waals surface area (Å²) < 4.78 is 0. The molecule has 2 N–H and O–H groups in total. The van der Waals surface area contributed by atoms with Gasteiger partial charge in [0, 0.05) is 13.1 Å². The maximum Gasteiger partial charge on any atom is 0.0774 e. The van der Waals surface area contributed by atoms with E-state index in [4.69, 9.17) is 0 Å². The molecule has 2 fully saturated rings. The van der Waals surface area contributed by atoms with Crippen molar-refractivity contribution in [2.24, 2.45) is 0 Å². The second-order valence-electron chi connectivity index (χ2n) is 5.32. The van der Waals surface area contributed by atoms with E-state index in [1.165, 1.54) is 6.42 Å². The van der Waals surface area contributed by atoms with E-state index in [1.54, 1.807) is 0 Å². The lowest BCUT2D eigenvalue weighted by Gasteiger charge is -2.39. The summed E-state index contributed by atoms with van der Waals surface area (Å²) in [5.74, 6) is 0. The van der Waals surface area contributed by atoms with E-state index in [0.717, 1.165) is 58.2 Å². The zero-order valence-electron chi connectivity index (χ0n) is 9.49. The van der Waals surface area contributed by atoms with E-state index in [9.17, 15) is 10.2 Å². The molecule has 0 radical (unpaired) electrons. The highest BCUT2D eigenvalue weighted by Gasteiger charge is 2.32. The van der Waals surface area contributed by atoms with Crippen LogP contribution in [0.2, 0.25) is 0 Å². The summed E-state index contributed by atoms with van der Waals surface area (Å²) in [5, 5.41) is 20.0. The largest absolute Gasteiger partial charge is 0.392 e. The SMILES string of the molecule is O[C@H]1CCCN(CC2(O)CCCCC2)C1. The standard InChI is InChI=1S/C12H23NO2/c14-11-5-4-8-13(9-11)10-12(15)6-2-1-3-7-12/h11,14-15H,1-10H2/t11-/m0/s1. The molecular weight excluding hydrogens is 190 g/mol. The molecule has 1 aliphatic heterocycles. The molecule has 0 amide bonds. The third-order valence-corrected chi connectivity index (χ3v) is 3.78. The lowest BCUT2D eigenvalue weighted by atomic mass is 9.84. The number of likely N-dealkylation sites (tertiary alicyclic amines) is 1. The van der Waals surface area contributed by atoms with Crippen molar-refractivity contribution in [1.29, 1.82) is 0 Å². The number of aliphatic hydroxyl groups is 2. The molecule has 1 heterocycles. The van der Waals surface area contributed by atoms with E-state index in [-0.39, 0.29) is 6.10 Å². The maximum absolute atomic E-state index is 10.4. The van der Waals surface area contributed by atoms with Crippen LogP contribution in [0.5, 0.6) is 0 Å². The van der Waals surface area contributed by atoms with E-state index >= 15 is 0 Å². The third kappa shape index (κ3) is 3.16. The van der Waals surface area contributed by atoms with Crippen LogP contribution in [0.25, 0.3) is 0 Å². The summed E-state index contributed by atoms with van der Waals surface area (Å²) in [6.45, 7) is 2.56. The average Bonchev–Trinajstić information content (AvgIpc) is 2.18. The molecule has 0 bridgehead atoms. The number of nitrogens with zero attached hydrogens (tertiary/aromatic N) is 1. The predicted octanol–water partition coefficient (Wildman–Crippen LogP) is 1.14. The van der Waals surface area contributed by atoms with Crippen molar-refractivity contribution in [1.82, 2.24) is 4.90 Å². The quantitative estimate of drug-likeness (QED) is 0.723. The Bertz CT molecular complexity index is 202. The molecule has 0 aromatic carbocycles. The van der Waals surface area contributed by atoms with Crippen molar-refractivity contribution in [2.45, 2.75) is 56.7 Å². The van der Waals surface area contributed by atoms with Gasteiger partial charge in [-0.05, 0) is 32.2 Å². The first-order valence-electron chi connectivity index (χ1n) is 6.31. The molecule has 3 nitrogen and oxygen atoms in total. The molecule has 2 rings (SSSR count). The van der Waals surface area contributed by atoms with Crippen molar-refractivity contribution in [3.8, 4) is 0 Å². The van der Waals surface area contributed by atoms with Crippen LogP contribution in [-0.4, -0.2) is 46.5 Å². The van der Waals surface area contributed by atoms with Crippen LogP contribution in [0, 0.1) is 0 Å². The molecular formula is C12H23NO2. The monoisotopic (exact) mass is 213 g/mol. The fraction of sp³-hybridized carbons (Fsp3) is 1.00. The predicted molar refractivity (Wildman–Crippen MR) is 59.7 cm³/mol. The van der Waals surface area contributed by atoms with Crippen molar-refractivity contribution in [3.63, 3.8) is 0 Å². The van der Waals surface area contributed by atoms with Gasteiger partial charge < -0.3 is 10.2 Å². The number of hydrogen-bond acceptors (Lipinski definition) is 3. The second-order valence-corrected chi connectivity index (χ2v) is 5.32. The van der Waals surface area contributed by atoms with E-state index < -0.39 is 5.60 Å². The summed E-state index contributed by atoms with van der Waals surface area (Å²) in [4.78, 5) is 2.24. The first-order valence-corrected chi connectivity index (χ1v) is 6.31. The van der Waals surface area contributed by atoms with E-state index in [0.29, 0.717) is 0 Å². The van der Waals surface area contributed by atoms with Gasteiger partial charge in [0.05, 0.1) is 11.7 Å². The van der Waals surface area contributed by atoms with Crippen LogP contribution in [-0.2, 0) is 0 Å². The van der Waals surface area contributed by atoms with Gasteiger partial charge in [0.1, 0.15) is 0 Å². The summed E-state index contributed by atoms with van der Waals surface area (Å²) in [6.07, 6.45) is 7.29. The van der Waals surface area contributed by atoms with Crippen LogP contribution in [0.4, 0.5) is 0 Å². The van der Waals surface area contributed by atoms with Gasteiger partial charge in [0.2, 0.25) is 0 Å². The highest BCUT2D eigenvalue weighted by atomic mass is 16.3. The molecule has 0 spiro atoms. The number of piperidine rings is 1. The van der Waals surface area contributed by atoms with Crippen LogP contribution in [0.15, 0.2) is 0 Å². The lowest BCUT2D eigenvalue weighted by molar-refractivity contribution is -0.0429. The van der Waals surface area contributed by atoms with Gasteiger partial charge in [0.15, 0.2) is 0 Å². The maximum atomic E-state index is 10.4. The van der Waals surface area contributed by atoms with E-state index in [1.807, 2.05) is 0 Å². The fourth-order valence-corrected chi connectivity index (χ4v) is 2.96. The van der Waals surface area contributed by atoms with Crippen LogP contribution >= 0.6 is 0 Å². The molecule has 3 heteroatoms. The van der Waals surface area contributed by atoms with Gasteiger partial charge in [-0.25, -0.2) is 0 Å². The van der Waals surface area contributed by atoms with Gasteiger partial charge >= 0.3 is 0 Å². The number of hydrogen-bond donors (Lipinski definition) is 2. The molecule has 2 aliphatic rings. The number of aliphatic hydroxyl groups excluding tert-OH is 1. The average molecular weight is 213 g/mol. The molecule has 15 heavy (non-hydrogen) atoms. The fourth-order valence-electron chi connectivity index (χ4n) is 2.96. The van der Waals surface area contributed by atoms with Gasteiger partial charge in [0.25, 0.3) is 0 Å². The topological polar surface area (TPSA) is 43.7 Å². The molecule has 1 saturated heterocycles. The Hall–Kier alpha value is -0.120. The summed E-state index contributed by atoms with van der Waals surface area (Å²) >= 11 is 0. The molecule has 0 aromatic heterocycles. The second kappa shape index (κ2) is 4.81. The van der Waals surface area contributed by atoms with E-state index in [2.05, 4.69) is 4.90 Å². The van der Waals surface area contributed by atoms with Gasteiger partial charge in [-0.2, -0.15) is 0 Å². The molecule has 0 aromatic rings. The summed E-state index contributed by atoms with van der Waals surface area (Å²) in [7, 11) is 0. The highest BCUT2D eigenvalue weighted by Crippen LogP contribution is 2.29. The zero-order chi connectivity index (χ0) is 10.7. The first-order chi connectivity index (χ1) is 7.18. The summed E-state index contributed by atoms with van der Waals surface area (Å²) in [5.41, 5.74) is -0.463. The Morgan fingerprint density at radius 1 is 1.13 bits per heavy atom. The third-order valence-electron chi connectivity index (χ3n) is 3.78. The Kier molecular flexibility index (Phi) is 3.65. The normalized spacial score (nSPS) is 32.8.